The molecule has 0 saturated heterocycles. The third kappa shape index (κ3) is 6.95. The summed E-state index contributed by atoms with van der Waals surface area (Å²) in [5.41, 5.74) is 1.41. The van der Waals surface area contributed by atoms with Gasteiger partial charge < -0.3 is 15.4 Å². The highest BCUT2D eigenvalue weighted by atomic mass is 35.5. The molecule has 0 fully saturated rings. The first-order chi connectivity index (χ1) is 13.0. The van der Waals surface area contributed by atoms with Crippen molar-refractivity contribution >= 4 is 35.5 Å². The van der Waals surface area contributed by atoms with Gasteiger partial charge in [0.05, 0.1) is 0 Å². The number of benzene rings is 2. The molecule has 0 aliphatic carbocycles. The number of carbonyl (C=O) groups excluding carboxylic acids is 3. The molecule has 0 saturated carbocycles. The maximum atomic E-state index is 12.2. The molecule has 0 aromatic heterocycles. The fourth-order valence-electron chi connectivity index (χ4n) is 2.15. The van der Waals surface area contributed by atoms with Crippen molar-refractivity contribution in [2.75, 3.05) is 6.61 Å². The summed E-state index contributed by atoms with van der Waals surface area (Å²) in [4.78, 5) is 35.4. The smallest absolute Gasteiger partial charge is 0.355 e. The van der Waals surface area contributed by atoms with E-state index in [-0.39, 0.29) is 12.2 Å². The number of rotatable bonds is 7. The second-order valence-electron chi connectivity index (χ2n) is 5.59. The van der Waals surface area contributed by atoms with Crippen molar-refractivity contribution in [2.24, 2.45) is 0 Å². The molecular formula is C20H19ClN2O4. The van der Waals surface area contributed by atoms with Crippen molar-refractivity contribution < 1.29 is 19.1 Å². The van der Waals surface area contributed by atoms with Crippen LogP contribution < -0.4 is 10.6 Å². The predicted molar refractivity (Wildman–Crippen MR) is 102 cm³/mol. The minimum atomic E-state index is -0.804. The van der Waals surface area contributed by atoms with Crippen LogP contribution in [0.1, 0.15) is 18.1 Å². The summed E-state index contributed by atoms with van der Waals surface area (Å²) in [5.74, 6) is -1.70. The van der Waals surface area contributed by atoms with Gasteiger partial charge in [-0.3, -0.25) is 9.59 Å². The van der Waals surface area contributed by atoms with Gasteiger partial charge in [0.25, 0.3) is 5.91 Å². The van der Waals surface area contributed by atoms with Crippen molar-refractivity contribution in [3.8, 4) is 0 Å². The van der Waals surface area contributed by atoms with E-state index in [0.717, 1.165) is 5.56 Å². The van der Waals surface area contributed by atoms with Crippen LogP contribution in [-0.2, 0) is 25.7 Å². The van der Waals surface area contributed by atoms with E-state index in [1.165, 1.54) is 13.0 Å². The van der Waals surface area contributed by atoms with Gasteiger partial charge >= 0.3 is 5.97 Å². The Balaban J connectivity index is 1.92. The maximum absolute atomic E-state index is 12.2. The normalized spacial score (nSPS) is 10.8. The van der Waals surface area contributed by atoms with Crippen molar-refractivity contribution in [3.05, 3.63) is 76.4 Å². The zero-order chi connectivity index (χ0) is 19.6. The number of halogens is 1. The number of ether oxygens (including phenoxy) is 1. The van der Waals surface area contributed by atoms with E-state index in [2.05, 4.69) is 10.6 Å². The van der Waals surface area contributed by atoms with Crippen molar-refractivity contribution in [2.45, 2.75) is 13.5 Å². The number of carbonyl (C=O) groups is 3. The SMILES string of the molecule is CC(=O)NC(=Cc1ccccc1)C(=O)OCC(=O)NCc1ccccc1Cl. The number of esters is 1. The summed E-state index contributed by atoms with van der Waals surface area (Å²) in [5, 5.41) is 5.57. The van der Waals surface area contributed by atoms with Crippen molar-refractivity contribution in [3.63, 3.8) is 0 Å². The minimum absolute atomic E-state index is 0.0485. The summed E-state index contributed by atoms with van der Waals surface area (Å²) in [6.45, 7) is 1.02. The lowest BCUT2D eigenvalue weighted by atomic mass is 10.2. The standard InChI is InChI=1S/C20H19ClN2O4/c1-14(24)23-18(11-15-7-3-2-4-8-15)20(26)27-13-19(25)22-12-16-9-5-6-10-17(16)21/h2-11H,12-13H2,1H3,(H,22,25)(H,23,24). The molecule has 2 aromatic carbocycles. The third-order valence-electron chi connectivity index (χ3n) is 3.41. The molecule has 0 aliphatic heterocycles. The monoisotopic (exact) mass is 386 g/mol. The van der Waals surface area contributed by atoms with E-state index < -0.39 is 24.4 Å². The van der Waals surface area contributed by atoms with Gasteiger partial charge in [-0.05, 0) is 23.3 Å². The van der Waals surface area contributed by atoms with Gasteiger partial charge in [-0.25, -0.2) is 4.79 Å². The van der Waals surface area contributed by atoms with E-state index in [1.54, 1.807) is 42.5 Å². The zero-order valence-electron chi connectivity index (χ0n) is 14.7. The van der Waals surface area contributed by atoms with Crippen LogP contribution in [0, 0.1) is 0 Å². The van der Waals surface area contributed by atoms with Gasteiger partial charge in [-0.1, -0.05) is 60.1 Å². The molecule has 7 heteroatoms. The molecule has 2 rings (SSSR count). The molecule has 6 nitrogen and oxygen atoms in total. The Morgan fingerprint density at radius 2 is 1.70 bits per heavy atom. The molecular weight excluding hydrogens is 368 g/mol. The Hall–Kier alpha value is -3.12. The van der Waals surface area contributed by atoms with Gasteiger partial charge in [0.2, 0.25) is 5.91 Å². The van der Waals surface area contributed by atoms with Gasteiger partial charge in [0, 0.05) is 18.5 Å². The van der Waals surface area contributed by atoms with E-state index in [9.17, 15) is 14.4 Å². The quantitative estimate of drug-likeness (QED) is 0.566. The number of nitrogens with one attached hydrogen (secondary N) is 2. The molecule has 0 bridgehead atoms. The Bertz CT molecular complexity index is 850. The third-order valence-corrected chi connectivity index (χ3v) is 3.78. The molecule has 27 heavy (non-hydrogen) atoms. The molecule has 0 aliphatic rings. The van der Waals surface area contributed by atoms with Crippen molar-refractivity contribution in [1.82, 2.24) is 10.6 Å². The molecule has 0 atom stereocenters. The molecule has 0 unspecified atom stereocenters. The summed E-state index contributed by atoms with van der Waals surface area (Å²) in [6, 6.07) is 16.1. The minimum Gasteiger partial charge on any atom is -0.451 e. The number of hydrogen-bond acceptors (Lipinski definition) is 4. The van der Waals surface area contributed by atoms with Gasteiger partial charge in [0.1, 0.15) is 5.70 Å². The first-order valence-corrected chi connectivity index (χ1v) is 8.55. The Kier molecular flexibility index (Phi) is 7.58. The second-order valence-corrected chi connectivity index (χ2v) is 6.00. The van der Waals surface area contributed by atoms with Crippen LogP contribution in [0.15, 0.2) is 60.3 Å². The van der Waals surface area contributed by atoms with E-state index in [1.807, 2.05) is 12.1 Å². The van der Waals surface area contributed by atoms with Gasteiger partial charge in [-0.15, -0.1) is 0 Å². The lowest BCUT2D eigenvalue weighted by Crippen LogP contribution is -2.31. The van der Waals surface area contributed by atoms with E-state index in [4.69, 9.17) is 16.3 Å². The first-order valence-electron chi connectivity index (χ1n) is 8.17. The summed E-state index contributed by atoms with van der Waals surface area (Å²) in [6.07, 6.45) is 1.48. The van der Waals surface area contributed by atoms with Crippen LogP contribution in [0.3, 0.4) is 0 Å². The highest BCUT2D eigenvalue weighted by molar-refractivity contribution is 6.31. The fraction of sp³-hybridized carbons (Fsp3) is 0.150. The molecule has 0 heterocycles. The Morgan fingerprint density at radius 3 is 2.37 bits per heavy atom. The predicted octanol–water partition coefficient (Wildman–Crippen LogP) is 2.68. The highest BCUT2D eigenvalue weighted by Gasteiger charge is 2.15. The average Bonchev–Trinajstić information content (AvgIpc) is 2.65. The van der Waals surface area contributed by atoms with Crippen LogP contribution in [0.25, 0.3) is 6.08 Å². The molecule has 140 valence electrons. The topological polar surface area (TPSA) is 84.5 Å². The molecule has 0 radical (unpaired) electrons. The average molecular weight is 387 g/mol. The first kappa shape index (κ1) is 20.2. The van der Waals surface area contributed by atoms with E-state index >= 15 is 0 Å². The number of amides is 2. The van der Waals surface area contributed by atoms with Crippen LogP contribution in [0.2, 0.25) is 5.02 Å². The highest BCUT2D eigenvalue weighted by Crippen LogP contribution is 2.14. The van der Waals surface area contributed by atoms with Gasteiger partial charge in [0.15, 0.2) is 6.61 Å². The Labute approximate surface area is 162 Å². The molecule has 2 N–H and O–H groups in total. The molecule has 2 aromatic rings. The van der Waals surface area contributed by atoms with Crippen LogP contribution in [-0.4, -0.2) is 24.4 Å². The van der Waals surface area contributed by atoms with Crippen LogP contribution in [0.5, 0.6) is 0 Å². The van der Waals surface area contributed by atoms with Gasteiger partial charge in [-0.2, -0.15) is 0 Å². The molecule has 2 amide bonds. The maximum Gasteiger partial charge on any atom is 0.355 e. The second kappa shape index (κ2) is 10.1. The summed E-state index contributed by atoms with van der Waals surface area (Å²) in [7, 11) is 0. The number of hydrogen-bond donors (Lipinski definition) is 2. The van der Waals surface area contributed by atoms with Crippen LogP contribution >= 0.6 is 11.6 Å². The molecule has 0 spiro atoms. The fourth-order valence-corrected chi connectivity index (χ4v) is 2.35. The summed E-state index contributed by atoms with van der Waals surface area (Å²) >= 11 is 6.02. The zero-order valence-corrected chi connectivity index (χ0v) is 15.5. The lowest BCUT2D eigenvalue weighted by molar-refractivity contribution is -0.145. The summed E-state index contributed by atoms with van der Waals surface area (Å²) < 4.78 is 4.99. The van der Waals surface area contributed by atoms with Crippen molar-refractivity contribution in [1.29, 1.82) is 0 Å². The largest absolute Gasteiger partial charge is 0.451 e. The van der Waals surface area contributed by atoms with Crippen LogP contribution in [0.4, 0.5) is 0 Å². The van der Waals surface area contributed by atoms with E-state index in [0.29, 0.717) is 10.6 Å². The lowest BCUT2D eigenvalue weighted by Gasteiger charge is -2.10. The Morgan fingerprint density at radius 1 is 1.04 bits per heavy atom.